The lowest BCUT2D eigenvalue weighted by molar-refractivity contribution is -0.438. The normalized spacial score (nSPS) is 21.3. The Morgan fingerprint density at radius 3 is 2.26 bits per heavy atom. The predicted molar refractivity (Wildman–Crippen MR) is 52.8 cm³/mol. The van der Waals surface area contributed by atoms with Crippen LogP contribution in [0.2, 0.25) is 0 Å². The van der Waals surface area contributed by atoms with E-state index in [1.807, 2.05) is 0 Å². The molecule has 0 bridgehead atoms. The molecule has 1 unspecified atom stereocenters. The number of benzene rings is 1. The monoisotopic (exact) mass is 285 g/mol. The zero-order chi connectivity index (χ0) is 14.3. The Balaban J connectivity index is 2.38. The van der Waals surface area contributed by atoms with Gasteiger partial charge in [0, 0.05) is 6.54 Å². The Bertz CT molecular complexity index is 455. The Morgan fingerprint density at radius 2 is 1.68 bits per heavy atom. The van der Waals surface area contributed by atoms with Gasteiger partial charge in [0.25, 0.3) is 0 Å². The zero-order valence-corrected chi connectivity index (χ0v) is 9.42. The number of fused-ring (bicyclic) bond motifs is 1. The second-order valence-electron chi connectivity index (χ2n) is 4.07. The summed E-state index contributed by atoms with van der Waals surface area (Å²) in [5.74, 6) is 0. The van der Waals surface area contributed by atoms with Gasteiger partial charge in [0.2, 0.25) is 0 Å². The third-order valence-corrected chi connectivity index (χ3v) is 2.77. The molecule has 2 rings (SSSR count). The van der Waals surface area contributed by atoms with E-state index in [1.54, 1.807) is 6.07 Å². The van der Waals surface area contributed by atoms with Crippen LogP contribution in [0.5, 0.6) is 0 Å². The molecule has 0 aromatic heterocycles. The Kier molecular flexibility index (Phi) is 3.48. The summed E-state index contributed by atoms with van der Waals surface area (Å²) < 4.78 is 75.3. The summed E-state index contributed by atoms with van der Waals surface area (Å²) >= 11 is 0. The van der Waals surface area contributed by atoms with Crippen molar-refractivity contribution in [3.8, 4) is 0 Å². The van der Waals surface area contributed by atoms with Crippen molar-refractivity contribution in [1.29, 1.82) is 0 Å². The van der Waals surface area contributed by atoms with E-state index >= 15 is 0 Å². The summed E-state index contributed by atoms with van der Waals surface area (Å²) in [7, 11) is 0. The summed E-state index contributed by atoms with van der Waals surface area (Å²) in [6.45, 7) is -0.472. The van der Waals surface area contributed by atoms with Gasteiger partial charge < -0.3 is 0 Å². The van der Waals surface area contributed by atoms with Crippen LogP contribution in [0.25, 0.3) is 0 Å². The SMILES string of the molecule is FC(F)(F)ON1CCc2ccccc2C1C(F)(F)F. The molecule has 0 aliphatic carbocycles. The Labute approximate surface area is 104 Å². The van der Waals surface area contributed by atoms with E-state index in [9.17, 15) is 26.3 Å². The average Bonchev–Trinajstić information content (AvgIpc) is 2.24. The van der Waals surface area contributed by atoms with E-state index in [-0.39, 0.29) is 17.0 Å². The van der Waals surface area contributed by atoms with Crippen LogP contribution >= 0.6 is 0 Å². The third-order valence-electron chi connectivity index (χ3n) is 2.77. The lowest BCUT2D eigenvalue weighted by atomic mass is 9.94. The number of rotatable bonds is 1. The maximum Gasteiger partial charge on any atom is 0.539 e. The van der Waals surface area contributed by atoms with E-state index < -0.39 is 25.1 Å². The number of nitrogens with zero attached hydrogens (tertiary/aromatic N) is 1. The highest BCUT2D eigenvalue weighted by Crippen LogP contribution is 2.43. The third kappa shape index (κ3) is 3.19. The van der Waals surface area contributed by atoms with Crippen molar-refractivity contribution >= 4 is 0 Å². The highest BCUT2D eigenvalue weighted by atomic mass is 19.4. The molecule has 1 aromatic rings. The van der Waals surface area contributed by atoms with Crippen LogP contribution < -0.4 is 0 Å². The van der Waals surface area contributed by atoms with Gasteiger partial charge in [0.15, 0.2) is 6.04 Å². The second-order valence-corrected chi connectivity index (χ2v) is 4.07. The van der Waals surface area contributed by atoms with E-state index in [2.05, 4.69) is 4.84 Å². The number of halogens is 6. The topological polar surface area (TPSA) is 12.5 Å². The van der Waals surface area contributed by atoms with Crippen molar-refractivity contribution in [1.82, 2.24) is 5.06 Å². The van der Waals surface area contributed by atoms with Crippen molar-refractivity contribution in [3.05, 3.63) is 35.4 Å². The van der Waals surface area contributed by atoms with Gasteiger partial charge in [-0.05, 0) is 17.5 Å². The fraction of sp³-hybridized carbons (Fsp3) is 0.455. The number of alkyl halides is 6. The zero-order valence-electron chi connectivity index (χ0n) is 9.42. The molecule has 2 nitrogen and oxygen atoms in total. The molecule has 0 radical (unpaired) electrons. The van der Waals surface area contributed by atoms with Gasteiger partial charge >= 0.3 is 12.5 Å². The Morgan fingerprint density at radius 1 is 1.05 bits per heavy atom. The maximum absolute atomic E-state index is 13.0. The van der Waals surface area contributed by atoms with E-state index in [1.165, 1.54) is 18.2 Å². The first-order valence-electron chi connectivity index (χ1n) is 5.35. The first-order chi connectivity index (χ1) is 8.68. The van der Waals surface area contributed by atoms with Crippen molar-refractivity contribution in [2.45, 2.75) is 25.0 Å². The summed E-state index contributed by atoms with van der Waals surface area (Å²) in [6.07, 6.45) is -9.92. The van der Waals surface area contributed by atoms with Gasteiger partial charge in [-0.3, -0.25) is 0 Å². The average molecular weight is 285 g/mol. The number of hydrogen-bond donors (Lipinski definition) is 0. The molecule has 0 N–H and O–H groups in total. The van der Waals surface area contributed by atoms with Crippen LogP contribution in [-0.2, 0) is 11.3 Å². The van der Waals surface area contributed by atoms with Gasteiger partial charge in [-0.25, -0.2) is 0 Å². The minimum atomic E-state index is -5.14. The molecule has 1 aliphatic rings. The molecule has 1 aromatic carbocycles. The van der Waals surface area contributed by atoms with Gasteiger partial charge in [-0.15, -0.1) is 13.2 Å². The second kappa shape index (κ2) is 4.68. The highest BCUT2D eigenvalue weighted by molar-refractivity contribution is 5.33. The van der Waals surface area contributed by atoms with Gasteiger partial charge in [-0.2, -0.15) is 23.1 Å². The Hall–Kier alpha value is -1.28. The fourth-order valence-electron chi connectivity index (χ4n) is 2.11. The molecular weight excluding hydrogens is 276 g/mol. The molecule has 0 amide bonds. The molecule has 1 heterocycles. The van der Waals surface area contributed by atoms with Crippen LogP contribution in [0.1, 0.15) is 17.2 Å². The van der Waals surface area contributed by atoms with Crippen molar-refractivity contribution < 1.29 is 31.2 Å². The van der Waals surface area contributed by atoms with E-state index in [0.717, 1.165) is 0 Å². The summed E-state index contributed by atoms with van der Waals surface area (Å²) in [5.41, 5.74) is 0.178. The quantitative estimate of drug-likeness (QED) is 0.731. The minimum absolute atomic E-state index is 0.0532. The molecule has 0 saturated heterocycles. The van der Waals surface area contributed by atoms with Crippen LogP contribution in [0.4, 0.5) is 26.3 Å². The molecule has 1 aliphatic heterocycles. The van der Waals surface area contributed by atoms with Gasteiger partial charge in [-0.1, -0.05) is 24.3 Å². The van der Waals surface area contributed by atoms with E-state index in [4.69, 9.17) is 0 Å². The van der Waals surface area contributed by atoms with Crippen LogP contribution in [0.3, 0.4) is 0 Å². The fourth-order valence-corrected chi connectivity index (χ4v) is 2.11. The molecule has 1 atom stereocenters. The minimum Gasteiger partial charge on any atom is -0.199 e. The van der Waals surface area contributed by atoms with Crippen molar-refractivity contribution in [2.24, 2.45) is 0 Å². The molecule has 0 fully saturated rings. The largest absolute Gasteiger partial charge is 0.539 e. The predicted octanol–water partition coefficient (Wildman–Crippen LogP) is 3.60. The lowest BCUT2D eigenvalue weighted by Gasteiger charge is -2.37. The molecule has 106 valence electrons. The van der Waals surface area contributed by atoms with Gasteiger partial charge in [0.05, 0.1) is 0 Å². The van der Waals surface area contributed by atoms with E-state index in [0.29, 0.717) is 5.56 Å². The van der Waals surface area contributed by atoms with Crippen LogP contribution in [0.15, 0.2) is 24.3 Å². The summed E-state index contributed by atoms with van der Waals surface area (Å²) in [4.78, 5) is 3.49. The standard InChI is InChI=1S/C11H9F6NO/c12-10(13,14)9-8-4-2-1-3-7(8)5-6-18(9)19-11(15,16)17/h1-4,9H,5-6H2. The molecule has 8 heteroatoms. The van der Waals surface area contributed by atoms with Crippen LogP contribution in [0, 0.1) is 0 Å². The first-order valence-corrected chi connectivity index (χ1v) is 5.35. The number of hydrogen-bond acceptors (Lipinski definition) is 2. The highest BCUT2D eigenvalue weighted by Gasteiger charge is 2.51. The molecule has 19 heavy (non-hydrogen) atoms. The summed E-state index contributed by atoms with van der Waals surface area (Å²) in [5, 5.41) is -0.0532. The molecule has 0 saturated carbocycles. The molecular formula is C11H9F6NO. The van der Waals surface area contributed by atoms with Crippen LogP contribution in [-0.4, -0.2) is 24.1 Å². The van der Waals surface area contributed by atoms with Crippen molar-refractivity contribution in [2.75, 3.05) is 6.54 Å². The number of hydroxylamine groups is 2. The maximum atomic E-state index is 13.0. The summed E-state index contributed by atoms with van der Waals surface area (Å²) in [6, 6.07) is 3.14. The smallest absolute Gasteiger partial charge is 0.199 e. The first kappa shape index (κ1) is 14.1. The van der Waals surface area contributed by atoms with Gasteiger partial charge in [0.1, 0.15) is 0 Å². The molecule has 0 spiro atoms. The van der Waals surface area contributed by atoms with Crippen molar-refractivity contribution in [3.63, 3.8) is 0 Å². The lowest BCUT2D eigenvalue weighted by Crippen LogP contribution is -2.45.